The van der Waals surface area contributed by atoms with Gasteiger partial charge in [-0.2, -0.15) is 39.5 Å². The number of ether oxygens (including phenoxy) is 2. The molecule has 0 aliphatic rings. The van der Waals surface area contributed by atoms with Crippen molar-refractivity contribution in [3.05, 3.63) is 46.7 Å². The van der Waals surface area contributed by atoms with E-state index in [1.807, 2.05) is 0 Å². The monoisotopic (exact) mass is 491 g/mol. The summed E-state index contributed by atoms with van der Waals surface area (Å²) in [7, 11) is 0. The highest BCUT2D eigenvalue weighted by atomic mass is 19.4. The highest BCUT2D eigenvalue weighted by molar-refractivity contribution is 5.65. The fourth-order valence-electron chi connectivity index (χ4n) is 2.46. The normalized spacial score (nSPS) is 13.2. The van der Waals surface area contributed by atoms with Crippen molar-refractivity contribution in [2.75, 3.05) is 6.79 Å². The van der Waals surface area contributed by atoms with Crippen molar-refractivity contribution in [1.82, 2.24) is 9.55 Å². The van der Waals surface area contributed by atoms with E-state index < -0.39 is 65.3 Å². The number of hydrogen-bond acceptors (Lipinski definition) is 5. The molecular formula is C18H14F9N3O3. The molecule has 0 amide bonds. The van der Waals surface area contributed by atoms with Gasteiger partial charge in [0.1, 0.15) is 0 Å². The zero-order valence-corrected chi connectivity index (χ0v) is 16.7. The molecule has 0 atom stereocenters. The minimum Gasteiger partial charge on any atom is -0.442 e. The lowest BCUT2D eigenvalue weighted by Crippen LogP contribution is -2.29. The lowest BCUT2D eigenvalue weighted by molar-refractivity contribution is -0.148. The Labute approximate surface area is 179 Å². The predicted octanol–water partition coefficient (Wildman–Crippen LogP) is 5.09. The molecule has 1 heterocycles. The summed E-state index contributed by atoms with van der Waals surface area (Å²) in [6.07, 6.45) is -15.5. The number of hydrogen-bond donors (Lipinski definition) is 0. The van der Waals surface area contributed by atoms with Gasteiger partial charge in [-0.25, -0.2) is 9.98 Å². The van der Waals surface area contributed by atoms with Crippen LogP contribution >= 0.6 is 0 Å². The predicted molar refractivity (Wildman–Crippen MR) is 91.8 cm³/mol. The molecule has 0 aliphatic heterocycles. The summed E-state index contributed by atoms with van der Waals surface area (Å²) >= 11 is 0. The SMILES string of the molecule is CCn1c(OCOC(C)=O)cc(C(F)(F)F)nc1=Nc1ccc(C(F)(F)F)cc1C(F)(F)F. The fraction of sp³-hybridized carbons (Fsp3) is 0.389. The molecular weight excluding hydrogens is 477 g/mol. The van der Waals surface area contributed by atoms with Gasteiger partial charge in [-0.1, -0.05) is 0 Å². The van der Waals surface area contributed by atoms with E-state index in [-0.39, 0.29) is 12.6 Å². The summed E-state index contributed by atoms with van der Waals surface area (Å²) in [6, 6.07) is 0.868. The summed E-state index contributed by atoms with van der Waals surface area (Å²) in [4.78, 5) is 17.5. The van der Waals surface area contributed by atoms with Gasteiger partial charge in [0, 0.05) is 19.5 Å². The Kier molecular flexibility index (Phi) is 7.33. The molecule has 6 nitrogen and oxygen atoms in total. The second-order valence-electron chi connectivity index (χ2n) is 6.26. The van der Waals surface area contributed by atoms with Crippen LogP contribution in [0.25, 0.3) is 0 Å². The average Bonchev–Trinajstić information content (AvgIpc) is 2.65. The van der Waals surface area contributed by atoms with Crippen LogP contribution < -0.4 is 10.4 Å². The van der Waals surface area contributed by atoms with Crippen molar-refractivity contribution in [3.8, 4) is 5.88 Å². The number of halogens is 9. The first-order chi connectivity index (χ1) is 15.0. The van der Waals surface area contributed by atoms with Crippen LogP contribution in [0.3, 0.4) is 0 Å². The number of carbonyl (C=O) groups is 1. The molecule has 0 radical (unpaired) electrons. The molecule has 0 N–H and O–H groups in total. The standard InChI is InChI=1S/C18H14F9N3O3/c1-3-30-14(33-8-32-9(2)31)7-13(18(25,26)27)29-15(30)28-12-5-4-10(16(19,20)21)6-11(12)17(22,23)24/h4-7H,3,8H2,1-2H3. The van der Waals surface area contributed by atoms with Crippen LogP contribution in [0, 0.1) is 0 Å². The maximum Gasteiger partial charge on any atom is 0.433 e. The van der Waals surface area contributed by atoms with Crippen molar-refractivity contribution in [2.45, 2.75) is 38.9 Å². The zero-order chi connectivity index (χ0) is 25.2. The molecule has 182 valence electrons. The van der Waals surface area contributed by atoms with Crippen LogP contribution in [0.4, 0.5) is 45.2 Å². The third-order valence-electron chi connectivity index (χ3n) is 3.91. The van der Waals surface area contributed by atoms with Crippen LogP contribution in [0.1, 0.15) is 30.7 Å². The summed E-state index contributed by atoms with van der Waals surface area (Å²) in [6.45, 7) is 1.31. The van der Waals surface area contributed by atoms with Gasteiger partial charge in [0.05, 0.1) is 16.8 Å². The molecule has 0 bridgehead atoms. The van der Waals surface area contributed by atoms with E-state index >= 15 is 0 Å². The van der Waals surface area contributed by atoms with Gasteiger partial charge in [-0.15, -0.1) is 0 Å². The Hall–Kier alpha value is -3.26. The number of nitrogens with zero attached hydrogens (tertiary/aromatic N) is 3. The maximum atomic E-state index is 13.4. The minimum absolute atomic E-state index is 0.208. The molecule has 0 saturated carbocycles. The van der Waals surface area contributed by atoms with Gasteiger partial charge in [0.25, 0.3) is 0 Å². The molecule has 1 aromatic heterocycles. The summed E-state index contributed by atoms with van der Waals surface area (Å²) in [5.74, 6) is -1.44. The van der Waals surface area contributed by atoms with Crippen LogP contribution in [-0.4, -0.2) is 22.3 Å². The van der Waals surface area contributed by atoms with Crippen molar-refractivity contribution in [2.24, 2.45) is 4.99 Å². The number of alkyl halides is 9. The molecule has 0 saturated heterocycles. The third kappa shape index (κ3) is 6.61. The first-order valence-electron chi connectivity index (χ1n) is 8.82. The van der Waals surface area contributed by atoms with Crippen molar-refractivity contribution < 1.29 is 53.8 Å². The Morgan fingerprint density at radius 2 is 1.64 bits per heavy atom. The van der Waals surface area contributed by atoms with E-state index in [2.05, 4.69) is 14.7 Å². The first-order valence-corrected chi connectivity index (χ1v) is 8.82. The summed E-state index contributed by atoms with van der Waals surface area (Å²) in [5.41, 5.74) is -7.10. The number of carbonyl (C=O) groups excluding carboxylic acids is 1. The zero-order valence-electron chi connectivity index (χ0n) is 16.7. The second-order valence-corrected chi connectivity index (χ2v) is 6.26. The van der Waals surface area contributed by atoms with E-state index in [1.165, 1.54) is 6.92 Å². The van der Waals surface area contributed by atoms with Crippen LogP contribution in [-0.2, 0) is 34.6 Å². The minimum atomic E-state index is -5.31. The number of rotatable bonds is 5. The lowest BCUT2D eigenvalue weighted by Gasteiger charge is -2.17. The van der Waals surface area contributed by atoms with E-state index in [0.29, 0.717) is 18.2 Å². The van der Waals surface area contributed by atoms with E-state index in [9.17, 15) is 44.3 Å². The lowest BCUT2D eigenvalue weighted by atomic mass is 10.1. The number of aromatic nitrogens is 2. The van der Waals surface area contributed by atoms with Gasteiger partial charge >= 0.3 is 24.5 Å². The van der Waals surface area contributed by atoms with Gasteiger partial charge < -0.3 is 9.47 Å². The van der Waals surface area contributed by atoms with Crippen LogP contribution in [0.5, 0.6) is 5.88 Å². The van der Waals surface area contributed by atoms with Gasteiger partial charge in [0.2, 0.25) is 18.3 Å². The van der Waals surface area contributed by atoms with E-state index in [4.69, 9.17) is 4.74 Å². The van der Waals surface area contributed by atoms with Gasteiger partial charge in [0.15, 0.2) is 5.69 Å². The molecule has 2 rings (SSSR count). The summed E-state index contributed by atoms with van der Waals surface area (Å²) in [5, 5.41) is 0. The largest absolute Gasteiger partial charge is 0.442 e. The molecule has 33 heavy (non-hydrogen) atoms. The highest BCUT2D eigenvalue weighted by Crippen LogP contribution is 2.40. The van der Waals surface area contributed by atoms with Crippen LogP contribution in [0.15, 0.2) is 29.3 Å². The molecule has 0 spiro atoms. The Morgan fingerprint density at radius 1 is 1.00 bits per heavy atom. The van der Waals surface area contributed by atoms with E-state index in [1.54, 1.807) is 0 Å². The second kappa shape index (κ2) is 9.31. The Bertz CT molecular complexity index is 1090. The number of benzene rings is 1. The fourth-order valence-corrected chi connectivity index (χ4v) is 2.46. The van der Waals surface area contributed by atoms with Crippen LogP contribution in [0.2, 0.25) is 0 Å². The maximum absolute atomic E-state index is 13.4. The Balaban J connectivity index is 2.79. The average molecular weight is 491 g/mol. The first kappa shape index (κ1) is 26.0. The van der Waals surface area contributed by atoms with Crippen molar-refractivity contribution in [1.29, 1.82) is 0 Å². The molecule has 0 fully saturated rings. The van der Waals surface area contributed by atoms with Gasteiger partial charge in [-0.3, -0.25) is 9.36 Å². The third-order valence-corrected chi connectivity index (χ3v) is 3.91. The number of esters is 1. The summed E-state index contributed by atoms with van der Waals surface area (Å²) < 4.78 is 129. The molecule has 1 aromatic carbocycles. The molecule has 0 unspecified atom stereocenters. The van der Waals surface area contributed by atoms with Crippen molar-refractivity contribution >= 4 is 11.7 Å². The van der Waals surface area contributed by atoms with Crippen molar-refractivity contribution in [3.63, 3.8) is 0 Å². The smallest absolute Gasteiger partial charge is 0.433 e. The quantitative estimate of drug-likeness (QED) is 0.332. The van der Waals surface area contributed by atoms with Gasteiger partial charge in [-0.05, 0) is 25.1 Å². The molecule has 2 aromatic rings. The topological polar surface area (TPSA) is 65.7 Å². The molecule has 0 aliphatic carbocycles. The molecule has 15 heteroatoms. The Morgan fingerprint density at radius 3 is 2.12 bits per heavy atom. The highest BCUT2D eigenvalue weighted by Gasteiger charge is 2.39. The van der Waals surface area contributed by atoms with E-state index in [0.717, 1.165) is 11.5 Å².